The monoisotopic (exact) mass is 1100 g/mol. The number of esters is 4. The second-order valence-electron chi connectivity index (χ2n) is 20.4. The first kappa shape index (κ1) is 72.1. The van der Waals surface area contributed by atoms with Gasteiger partial charge in [0, 0.05) is 25.7 Å². The number of ether oxygens (including phenoxy) is 4. The summed E-state index contributed by atoms with van der Waals surface area (Å²) in [5.74, 6) is -1.42. The normalized spacial score (nSPS) is 14.5. The number of hydrogen-bond donors (Lipinski definition) is 3. The van der Waals surface area contributed by atoms with Crippen LogP contribution in [0.5, 0.6) is 0 Å². The van der Waals surface area contributed by atoms with Crippen LogP contribution in [0.3, 0.4) is 0 Å². The van der Waals surface area contributed by atoms with Gasteiger partial charge in [0.15, 0.2) is 12.2 Å². The van der Waals surface area contributed by atoms with Crippen LogP contribution in [0.25, 0.3) is 0 Å². The van der Waals surface area contributed by atoms with Gasteiger partial charge in [-0.05, 0) is 31.6 Å². The molecule has 0 bridgehead atoms. The third kappa shape index (κ3) is 49.6. The van der Waals surface area contributed by atoms with Gasteiger partial charge in [0.25, 0.3) is 0 Å². The van der Waals surface area contributed by atoms with Crippen LogP contribution in [0.1, 0.15) is 266 Å². The lowest BCUT2D eigenvalue weighted by molar-refractivity contribution is -0.161. The van der Waals surface area contributed by atoms with Crippen molar-refractivity contribution >= 4 is 39.5 Å². The Morgan fingerprint density at radius 3 is 0.919 bits per heavy atom. The molecule has 0 rings (SSSR count). The van der Waals surface area contributed by atoms with Gasteiger partial charge in [0.1, 0.15) is 19.3 Å². The number of aliphatic hydroxyl groups excluding tert-OH is 1. The zero-order chi connectivity index (χ0) is 55.0. The van der Waals surface area contributed by atoms with Crippen molar-refractivity contribution in [1.29, 1.82) is 0 Å². The van der Waals surface area contributed by atoms with Gasteiger partial charge >= 0.3 is 39.5 Å². The Morgan fingerprint density at radius 1 is 0.365 bits per heavy atom. The maximum atomic E-state index is 12.9. The topological polar surface area (TPSA) is 237 Å². The summed E-state index contributed by atoms with van der Waals surface area (Å²) in [4.78, 5) is 71.4. The summed E-state index contributed by atoms with van der Waals surface area (Å²) in [5.41, 5.74) is 0. The molecule has 0 saturated heterocycles. The van der Waals surface area contributed by atoms with Gasteiger partial charge in [0.2, 0.25) is 0 Å². The van der Waals surface area contributed by atoms with Gasteiger partial charge in [-0.1, -0.05) is 214 Å². The standard InChI is InChI=1S/C55H106O17P2/c1-6-9-12-15-17-20-25-29-34-39-53(58)66-45-51(72-55(60)41-36-31-26-22-19-21-23-28-32-37-48(4)5)47-70-74(63,64)68-43-49(56)42-67-73(61,62)69-46-50(44-65-52(57)38-33-27-14-11-8-3)71-54(59)40-35-30-24-18-16-13-10-7-2/h48-51,56H,6-47H2,1-5H3,(H,61,62)(H,63,64)/t49-,50+,51+/m0/s1. The molecular weight excluding hydrogens is 995 g/mol. The van der Waals surface area contributed by atoms with E-state index in [0.29, 0.717) is 25.7 Å². The maximum absolute atomic E-state index is 12.9. The summed E-state index contributed by atoms with van der Waals surface area (Å²) < 4.78 is 67.3. The number of phosphoric ester groups is 2. The summed E-state index contributed by atoms with van der Waals surface area (Å²) in [5, 5.41) is 10.4. The molecule has 0 fully saturated rings. The van der Waals surface area contributed by atoms with E-state index in [9.17, 15) is 43.2 Å². The molecule has 0 aliphatic rings. The van der Waals surface area contributed by atoms with Crippen molar-refractivity contribution in [2.75, 3.05) is 39.6 Å². The minimum Gasteiger partial charge on any atom is -0.462 e. The highest BCUT2D eigenvalue weighted by Gasteiger charge is 2.30. The summed E-state index contributed by atoms with van der Waals surface area (Å²) in [7, 11) is -9.85. The van der Waals surface area contributed by atoms with Crippen LogP contribution < -0.4 is 0 Å². The van der Waals surface area contributed by atoms with Crippen molar-refractivity contribution in [1.82, 2.24) is 0 Å². The van der Waals surface area contributed by atoms with Crippen molar-refractivity contribution in [2.24, 2.45) is 5.92 Å². The Bertz CT molecular complexity index is 1470. The zero-order valence-corrected chi connectivity index (χ0v) is 48.7. The van der Waals surface area contributed by atoms with E-state index in [1.807, 2.05) is 0 Å². The second kappa shape index (κ2) is 49.4. The lowest BCUT2D eigenvalue weighted by atomic mass is 10.0. The van der Waals surface area contributed by atoms with Gasteiger partial charge in [0.05, 0.1) is 26.4 Å². The molecule has 0 aliphatic carbocycles. The minimum atomic E-state index is -4.93. The van der Waals surface area contributed by atoms with Gasteiger partial charge in [-0.2, -0.15) is 0 Å². The quantitative estimate of drug-likeness (QED) is 0.0222. The van der Waals surface area contributed by atoms with Crippen LogP contribution in [-0.2, 0) is 65.4 Å². The zero-order valence-electron chi connectivity index (χ0n) is 47.0. The van der Waals surface area contributed by atoms with Crippen LogP contribution in [0.4, 0.5) is 0 Å². The SMILES string of the molecule is CCCCCCCCCCCC(=O)OC[C@H](COP(=O)(O)OC[C@@H](O)COP(=O)(O)OC[C@@H](COC(=O)CCCCCCC)OC(=O)CCCCCCCCCC)OC(=O)CCCCCCCCCCCC(C)C. The lowest BCUT2D eigenvalue weighted by Gasteiger charge is -2.21. The number of carbonyl (C=O) groups excluding carboxylic acids is 4. The van der Waals surface area contributed by atoms with Gasteiger partial charge in [-0.25, -0.2) is 9.13 Å². The van der Waals surface area contributed by atoms with Gasteiger partial charge in [-0.15, -0.1) is 0 Å². The molecule has 19 heteroatoms. The molecule has 0 spiro atoms. The number of unbranched alkanes of at least 4 members (excludes halogenated alkanes) is 27. The second-order valence-corrected chi connectivity index (χ2v) is 23.4. The van der Waals surface area contributed by atoms with Crippen LogP contribution >= 0.6 is 15.6 Å². The maximum Gasteiger partial charge on any atom is 0.472 e. The average molecular weight is 1100 g/mol. The van der Waals surface area contributed by atoms with Crippen molar-refractivity contribution < 1.29 is 80.2 Å². The van der Waals surface area contributed by atoms with E-state index in [-0.39, 0.29) is 25.7 Å². The summed E-state index contributed by atoms with van der Waals surface area (Å²) >= 11 is 0. The molecular formula is C55H106O17P2. The Morgan fingerprint density at radius 2 is 0.622 bits per heavy atom. The molecule has 5 atom stereocenters. The fourth-order valence-electron chi connectivity index (χ4n) is 7.99. The van der Waals surface area contributed by atoms with Gasteiger partial charge in [-0.3, -0.25) is 37.3 Å². The van der Waals surface area contributed by atoms with Crippen molar-refractivity contribution in [2.45, 2.75) is 284 Å². The lowest BCUT2D eigenvalue weighted by Crippen LogP contribution is -2.30. The van der Waals surface area contributed by atoms with Crippen LogP contribution in [-0.4, -0.2) is 96.7 Å². The van der Waals surface area contributed by atoms with E-state index < -0.39 is 97.5 Å². The highest BCUT2D eigenvalue weighted by atomic mass is 31.2. The molecule has 0 saturated carbocycles. The number of carbonyl (C=O) groups is 4. The fourth-order valence-corrected chi connectivity index (χ4v) is 9.57. The molecule has 17 nitrogen and oxygen atoms in total. The third-order valence-corrected chi connectivity index (χ3v) is 14.4. The predicted octanol–water partition coefficient (Wildman–Crippen LogP) is 14.3. The smallest absolute Gasteiger partial charge is 0.462 e. The molecule has 2 unspecified atom stereocenters. The minimum absolute atomic E-state index is 0.104. The number of rotatable bonds is 55. The highest BCUT2D eigenvalue weighted by Crippen LogP contribution is 2.45. The van der Waals surface area contributed by atoms with Crippen molar-refractivity contribution in [3.05, 3.63) is 0 Å². The van der Waals surface area contributed by atoms with E-state index >= 15 is 0 Å². The number of aliphatic hydroxyl groups is 1. The third-order valence-electron chi connectivity index (χ3n) is 12.5. The van der Waals surface area contributed by atoms with E-state index in [0.717, 1.165) is 109 Å². The molecule has 74 heavy (non-hydrogen) atoms. The Labute approximate surface area is 447 Å². The molecule has 0 heterocycles. The first-order chi connectivity index (χ1) is 35.5. The summed E-state index contributed by atoms with van der Waals surface area (Å²) in [6, 6.07) is 0. The Kier molecular flexibility index (Phi) is 48.1. The van der Waals surface area contributed by atoms with E-state index in [4.69, 9.17) is 37.0 Å². The first-order valence-corrected chi connectivity index (χ1v) is 32.1. The van der Waals surface area contributed by atoms with E-state index in [1.54, 1.807) is 0 Å². The van der Waals surface area contributed by atoms with E-state index in [2.05, 4.69) is 34.6 Å². The summed E-state index contributed by atoms with van der Waals surface area (Å²) in [6.07, 6.45) is 29.8. The molecule has 0 aromatic heterocycles. The molecule has 0 radical (unpaired) electrons. The van der Waals surface area contributed by atoms with Crippen molar-refractivity contribution in [3.63, 3.8) is 0 Å². The van der Waals surface area contributed by atoms with Gasteiger partial charge < -0.3 is 33.8 Å². The Hall–Kier alpha value is -1.94. The molecule has 3 N–H and O–H groups in total. The Balaban J connectivity index is 5.18. The van der Waals surface area contributed by atoms with Crippen LogP contribution in [0.15, 0.2) is 0 Å². The average Bonchev–Trinajstić information content (AvgIpc) is 3.36. The van der Waals surface area contributed by atoms with E-state index in [1.165, 1.54) is 77.0 Å². The fraction of sp³-hybridized carbons (Fsp3) is 0.927. The molecule has 0 amide bonds. The molecule has 0 aromatic carbocycles. The first-order valence-electron chi connectivity index (χ1n) is 29.1. The molecule has 0 aliphatic heterocycles. The number of phosphoric acid groups is 2. The highest BCUT2D eigenvalue weighted by molar-refractivity contribution is 7.47. The predicted molar refractivity (Wildman–Crippen MR) is 289 cm³/mol. The number of hydrogen-bond acceptors (Lipinski definition) is 15. The largest absolute Gasteiger partial charge is 0.472 e. The van der Waals surface area contributed by atoms with Crippen LogP contribution in [0, 0.1) is 5.92 Å². The molecule has 438 valence electrons. The molecule has 0 aromatic rings. The van der Waals surface area contributed by atoms with Crippen molar-refractivity contribution in [3.8, 4) is 0 Å². The summed E-state index contributed by atoms with van der Waals surface area (Å²) in [6.45, 7) is 6.97. The van der Waals surface area contributed by atoms with Crippen LogP contribution in [0.2, 0.25) is 0 Å².